The Bertz CT molecular complexity index is 1810. The van der Waals surface area contributed by atoms with Gasteiger partial charge in [0, 0.05) is 38.0 Å². The number of fused-ring (bicyclic) bond motifs is 4. The van der Waals surface area contributed by atoms with Crippen LogP contribution in [0.5, 0.6) is 0 Å². The molecule has 240 valence electrons. The third kappa shape index (κ3) is 5.57. The van der Waals surface area contributed by atoms with Crippen molar-refractivity contribution in [3.05, 3.63) is 70.2 Å². The average Bonchev–Trinajstić information content (AvgIpc) is 3.78. The van der Waals surface area contributed by atoms with E-state index in [2.05, 4.69) is 35.4 Å². The van der Waals surface area contributed by atoms with Gasteiger partial charge in [-0.25, -0.2) is 28.4 Å². The number of rotatable bonds is 9. The molecule has 1 amide bonds. The predicted octanol–water partition coefficient (Wildman–Crippen LogP) is 3.55. The van der Waals surface area contributed by atoms with Crippen molar-refractivity contribution in [2.45, 2.75) is 51.5 Å². The second-order valence-electron chi connectivity index (χ2n) is 11.8. The molecule has 3 atom stereocenters. The fourth-order valence-electron chi connectivity index (χ4n) is 6.63. The molecule has 1 N–H and O–H groups in total. The molecular formula is C30H33ClF2N12O. The molecule has 0 aliphatic carbocycles. The van der Waals surface area contributed by atoms with E-state index in [1.54, 1.807) is 47.7 Å². The summed E-state index contributed by atoms with van der Waals surface area (Å²) in [6.07, 6.45) is 1.56. The van der Waals surface area contributed by atoms with Crippen LogP contribution in [0.25, 0.3) is 11.5 Å². The van der Waals surface area contributed by atoms with Gasteiger partial charge in [0.15, 0.2) is 0 Å². The van der Waals surface area contributed by atoms with E-state index < -0.39 is 31.0 Å². The molecule has 13 nitrogen and oxygen atoms in total. The van der Waals surface area contributed by atoms with Gasteiger partial charge < -0.3 is 10.2 Å². The quantitative estimate of drug-likeness (QED) is 0.271. The summed E-state index contributed by atoms with van der Waals surface area (Å²) in [5.41, 5.74) is 4.06. The molecule has 46 heavy (non-hydrogen) atoms. The second-order valence-corrected chi connectivity index (χ2v) is 12.2. The molecule has 6 heterocycles. The van der Waals surface area contributed by atoms with Gasteiger partial charge in [-0.1, -0.05) is 17.7 Å². The molecule has 0 saturated heterocycles. The number of aryl methyl sites for hydroxylation is 2. The Hall–Kier alpha value is -4.50. The normalized spacial score (nSPS) is 19.8. The minimum absolute atomic E-state index is 0.301. The van der Waals surface area contributed by atoms with Crippen LogP contribution in [-0.4, -0.2) is 100 Å². The van der Waals surface area contributed by atoms with Crippen LogP contribution in [0.3, 0.4) is 0 Å². The Labute approximate surface area is 268 Å². The Balaban J connectivity index is 1.20. The molecule has 7 rings (SSSR count). The number of carbonyl (C=O) groups excluding carboxylic acids is 1. The number of nitrogens with zero attached hydrogens (tertiary/aromatic N) is 11. The highest BCUT2D eigenvalue weighted by molar-refractivity contribution is 6.29. The molecule has 16 heteroatoms. The lowest BCUT2D eigenvalue weighted by atomic mass is 9.81. The minimum Gasteiger partial charge on any atom is -0.377 e. The Kier molecular flexibility index (Phi) is 7.88. The number of halogens is 3. The van der Waals surface area contributed by atoms with E-state index in [0.717, 1.165) is 35.6 Å². The number of hydrogen-bond acceptors (Lipinski definition) is 10. The van der Waals surface area contributed by atoms with Gasteiger partial charge in [-0.2, -0.15) is 10.2 Å². The van der Waals surface area contributed by atoms with Gasteiger partial charge in [-0.05, 0) is 48.7 Å². The summed E-state index contributed by atoms with van der Waals surface area (Å²) in [6, 6.07) is 7.01. The maximum Gasteiger partial charge on any atom is 0.256 e. The standard InChI is InChI=1S/C30H33ClF2N12O/c1-17-10-19(18(2)38-22-4-5-23(31)39-27(22)28-35-16-41(3)40-28)26-20(11-17)30(46)43(13-24(32)33)29-21(26)12-36-45(29)9-7-42-6-8-44-25(14-42)34-15-37-44/h4-5,10-12,15-16,18,21,24,29,38H,6-9,13-14H2,1-3H3. The number of hydrogen-bond donors (Lipinski definition) is 1. The number of pyridine rings is 1. The lowest BCUT2D eigenvalue weighted by Gasteiger charge is -2.43. The van der Waals surface area contributed by atoms with Gasteiger partial charge in [0.1, 0.15) is 35.5 Å². The summed E-state index contributed by atoms with van der Waals surface area (Å²) in [4.78, 5) is 30.7. The molecule has 1 aromatic carbocycles. The molecule has 0 bridgehead atoms. The Morgan fingerprint density at radius 3 is 2.78 bits per heavy atom. The molecular weight excluding hydrogens is 618 g/mol. The number of alkyl halides is 2. The minimum atomic E-state index is -2.69. The number of benzene rings is 1. The van der Waals surface area contributed by atoms with E-state index in [4.69, 9.17) is 16.7 Å². The SMILES string of the molecule is Cc1cc2c(c(C(C)Nc3ccc(Cl)nc3-c3ncn(C)n3)c1)C1C=NN(CCN3CCn4ncnc4C3)C1N(CC(F)F)C2=O. The first-order valence-corrected chi connectivity index (χ1v) is 15.5. The first kappa shape index (κ1) is 30.2. The molecule has 0 spiro atoms. The van der Waals surface area contributed by atoms with Gasteiger partial charge in [0.2, 0.25) is 5.82 Å². The summed E-state index contributed by atoms with van der Waals surface area (Å²) in [5.74, 6) is 0.462. The zero-order chi connectivity index (χ0) is 32.1. The Morgan fingerprint density at radius 2 is 2.00 bits per heavy atom. The highest BCUT2D eigenvalue weighted by Gasteiger charge is 2.47. The van der Waals surface area contributed by atoms with Crippen molar-refractivity contribution in [1.82, 2.24) is 49.3 Å². The summed E-state index contributed by atoms with van der Waals surface area (Å²) in [6.45, 7) is 6.44. The molecule has 4 aromatic rings. The highest BCUT2D eigenvalue weighted by atomic mass is 35.5. The summed E-state index contributed by atoms with van der Waals surface area (Å²) >= 11 is 6.25. The first-order valence-electron chi connectivity index (χ1n) is 15.1. The van der Waals surface area contributed by atoms with Crippen LogP contribution in [-0.2, 0) is 20.1 Å². The van der Waals surface area contributed by atoms with Crippen LogP contribution in [0.1, 0.15) is 51.8 Å². The molecule has 3 unspecified atom stereocenters. The Morgan fingerprint density at radius 1 is 1.15 bits per heavy atom. The molecule has 3 aliphatic heterocycles. The number of amides is 1. The van der Waals surface area contributed by atoms with Crippen molar-refractivity contribution in [2.24, 2.45) is 12.1 Å². The summed E-state index contributed by atoms with van der Waals surface area (Å²) in [5, 5.41) is 19.0. The summed E-state index contributed by atoms with van der Waals surface area (Å²) in [7, 11) is 1.77. The molecule has 0 saturated carbocycles. The topological polar surface area (TPSA) is 125 Å². The monoisotopic (exact) mass is 650 g/mol. The molecule has 3 aromatic heterocycles. The van der Waals surface area contributed by atoms with Crippen LogP contribution in [0, 0.1) is 6.92 Å². The average molecular weight is 651 g/mol. The smallest absolute Gasteiger partial charge is 0.256 e. The summed E-state index contributed by atoms with van der Waals surface area (Å²) < 4.78 is 31.4. The number of hydrazone groups is 1. The van der Waals surface area contributed by atoms with Crippen molar-refractivity contribution in [1.29, 1.82) is 0 Å². The lowest BCUT2D eigenvalue weighted by molar-refractivity contribution is 0.000318. The van der Waals surface area contributed by atoms with Crippen molar-refractivity contribution >= 4 is 29.4 Å². The van der Waals surface area contributed by atoms with E-state index in [-0.39, 0.29) is 6.04 Å². The number of carbonyl (C=O) groups is 1. The largest absolute Gasteiger partial charge is 0.377 e. The van der Waals surface area contributed by atoms with Crippen molar-refractivity contribution < 1.29 is 13.6 Å². The molecule has 3 aliphatic rings. The van der Waals surface area contributed by atoms with Gasteiger partial charge >= 0.3 is 0 Å². The zero-order valence-electron chi connectivity index (χ0n) is 25.6. The number of aromatic nitrogens is 7. The first-order chi connectivity index (χ1) is 22.2. The van der Waals surface area contributed by atoms with Gasteiger partial charge in [0.05, 0.1) is 37.8 Å². The fourth-order valence-corrected chi connectivity index (χ4v) is 6.78. The van der Waals surface area contributed by atoms with Crippen molar-refractivity contribution in [3.8, 4) is 11.5 Å². The van der Waals surface area contributed by atoms with Gasteiger partial charge in [-0.3, -0.25) is 19.4 Å². The predicted molar refractivity (Wildman–Crippen MR) is 167 cm³/mol. The molecule has 0 radical (unpaired) electrons. The maximum atomic E-state index is 14.0. The lowest BCUT2D eigenvalue weighted by Crippen LogP contribution is -2.56. The second kappa shape index (κ2) is 12.0. The van der Waals surface area contributed by atoms with Crippen LogP contribution in [0.4, 0.5) is 14.5 Å². The van der Waals surface area contributed by atoms with Gasteiger partial charge in [0.25, 0.3) is 12.3 Å². The van der Waals surface area contributed by atoms with Crippen molar-refractivity contribution in [2.75, 3.05) is 31.5 Å². The van der Waals surface area contributed by atoms with Crippen LogP contribution in [0.15, 0.2) is 42.0 Å². The fraction of sp³-hybridized carbons (Fsp3) is 0.433. The third-order valence-electron chi connectivity index (χ3n) is 8.68. The van der Waals surface area contributed by atoms with Crippen LogP contribution < -0.4 is 5.32 Å². The van der Waals surface area contributed by atoms with E-state index in [9.17, 15) is 13.6 Å². The van der Waals surface area contributed by atoms with E-state index >= 15 is 0 Å². The molecule has 0 fully saturated rings. The van der Waals surface area contributed by atoms with Crippen LogP contribution >= 0.6 is 11.6 Å². The maximum absolute atomic E-state index is 14.0. The number of nitrogens with one attached hydrogen (secondary N) is 1. The highest BCUT2D eigenvalue weighted by Crippen LogP contribution is 2.42. The zero-order valence-corrected chi connectivity index (χ0v) is 26.3. The van der Waals surface area contributed by atoms with E-state index in [0.29, 0.717) is 47.6 Å². The van der Waals surface area contributed by atoms with E-state index in [1.807, 2.05) is 30.7 Å². The number of anilines is 1. The van der Waals surface area contributed by atoms with E-state index in [1.165, 1.54) is 4.90 Å². The van der Waals surface area contributed by atoms with Crippen molar-refractivity contribution in [3.63, 3.8) is 0 Å². The third-order valence-corrected chi connectivity index (χ3v) is 8.89. The van der Waals surface area contributed by atoms with Gasteiger partial charge in [-0.15, -0.1) is 5.10 Å². The van der Waals surface area contributed by atoms with Crippen LogP contribution in [0.2, 0.25) is 5.15 Å².